The zero-order valence-corrected chi connectivity index (χ0v) is 18.8. The molecule has 3 aromatic rings. The van der Waals surface area contributed by atoms with E-state index in [-0.39, 0.29) is 24.1 Å². The van der Waals surface area contributed by atoms with Gasteiger partial charge in [-0.2, -0.15) is 17.6 Å². The standard InChI is InChI=1S/C26H22F6N2O2/c1-2-12-33-24(35)34-25(16-17-6-4-3-5-7-17,18-8-10-20(27)11-9-18)19-13-21(28)15-22(14-19)36-26(31,32)23(29)30/h2-11,13-15,23H,1,12,16H2,(H2,33,34,35)/t25-/m1/s1. The number of hydrogen-bond donors (Lipinski definition) is 2. The van der Waals surface area contributed by atoms with Gasteiger partial charge < -0.3 is 15.4 Å². The van der Waals surface area contributed by atoms with Crippen LogP contribution >= 0.6 is 0 Å². The molecular formula is C26H22F6N2O2. The average Bonchev–Trinajstić information content (AvgIpc) is 2.82. The third-order valence-corrected chi connectivity index (χ3v) is 5.26. The van der Waals surface area contributed by atoms with Crippen LogP contribution in [0.1, 0.15) is 16.7 Å². The van der Waals surface area contributed by atoms with Crippen molar-refractivity contribution in [2.75, 3.05) is 6.54 Å². The summed E-state index contributed by atoms with van der Waals surface area (Å²) in [4.78, 5) is 12.8. The summed E-state index contributed by atoms with van der Waals surface area (Å²) in [6, 6.07) is 15.2. The second kappa shape index (κ2) is 11.2. The number of carbonyl (C=O) groups is 1. The molecule has 1 atom stereocenters. The molecule has 2 N–H and O–H groups in total. The van der Waals surface area contributed by atoms with E-state index in [0.717, 1.165) is 24.3 Å². The first-order valence-corrected chi connectivity index (χ1v) is 10.7. The minimum atomic E-state index is -4.89. The van der Waals surface area contributed by atoms with E-state index in [0.29, 0.717) is 11.6 Å². The summed E-state index contributed by atoms with van der Waals surface area (Å²) in [5.41, 5.74) is -0.873. The van der Waals surface area contributed by atoms with Gasteiger partial charge in [0.1, 0.15) is 17.4 Å². The lowest BCUT2D eigenvalue weighted by atomic mass is 9.77. The highest BCUT2D eigenvalue weighted by molar-refractivity contribution is 5.76. The molecule has 0 heterocycles. The van der Waals surface area contributed by atoms with Gasteiger partial charge in [-0.1, -0.05) is 48.5 Å². The maximum Gasteiger partial charge on any atom is 0.461 e. The lowest BCUT2D eigenvalue weighted by Crippen LogP contribution is -2.52. The molecule has 0 fully saturated rings. The van der Waals surface area contributed by atoms with Crippen LogP contribution in [0.15, 0.2) is 85.5 Å². The van der Waals surface area contributed by atoms with Crippen LogP contribution in [-0.2, 0) is 12.0 Å². The number of hydrogen-bond acceptors (Lipinski definition) is 2. The highest BCUT2D eigenvalue weighted by Crippen LogP contribution is 2.37. The molecule has 0 aliphatic rings. The van der Waals surface area contributed by atoms with Gasteiger partial charge in [0.15, 0.2) is 0 Å². The van der Waals surface area contributed by atoms with Crippen LogP contribution in [-0.4, -0.2) is 25.1 Å². The largest absolute Gasteiger partial charge is 0.461 e. The third-order valence-electron chi connectivity index (χ3n) is 5.26. The fourth-order valence-electron chi connectivity index (χ4n) is 3.67. The molecule has 0 aliphatic heterocycles. The minimum Gasteiger partial charge on any atom is -0.428 e. The second-order valence-electron chi connectivity index (χ2n) is 7.84. The first-order chi connectivity index (χ1) is 17.1. The Morgan fingerprint density at radius 3 is 2.22 bits per heavy atom. The molecule has 0 radical (unpaired) electrons. The van der Waals surface area contributed by atoms with Crippen LogP contribution in [0.4, 0.5) is 31.1 Å². The average molecular weight is 508 g/mol. The molecular weight excluding hydrogens is 486 g/mol. The number of urea groups is 1. The summed E-state index contributed by atoms with van der Waals surface area (Å²) >= 11 is 0. The smallest absolute Gasteiger partial charge is 0.428 e. The van der Waals surface area contributed by atoms with Crippen LogP contribution < -0.4 is 15.4 Å². The summed E-state index contributed by atoms with van der Waals surface area (Å²) < 4.78 is 85.3. The molecule has 0 bridgehead atoms. The van der Waals surface area contributed by atoms with Crippen molar-refractivity contribution >= 4 is 6.03 Å². The Kier molecular flexibility index (Phi) is 8.29. The zero-order valence-electron chi connectivity index (χ0n) is 18.8. The van der Waals surface area contributed by atoms with Crippen LogP contribution in [0.25, 0.3) is 0 Å². The maximum absolute atomic E-state index is 14.7. The summed E-state index contributed by atoms with van der Waals surface area (Å²) in [5, 5.41) is 5.25. The topological polar surface area (TPSA) is 50.4 Å². The quantitative estimate of drug-likeness (QED) is 0.254. The van der Waals surface area contributed by atoms with Crippen molar-refractivity contribution in [2.24, 2.45) is 0 Å². The van der Waals surface area contributed by atoms with Gasteiger partial charge in [0.05, 0.1) is 5.54 Å². The third kappa shape index (κ3) is 6.38. The van der Waals surface area contributed by atoms with E-state index in [4.69, 9.17) is 0 Å². The first kappa shape index (κ1) is 26.7. The van der Waals surface area contributed by atoms with Crippen LogP contribution in [0.3, 0.4) is 0 Å². The fraction of sp³-hybridized carbons (Fsp3) is 0.192. The lowest BCUT2D eigenvalue weighted by Gasteiger charge is -2.37. The van der Waals surface area contributed by atoms with Crippen LogP contribution in [0.2, 0.25) is 0 Å². The highest BCUT2D eigenvalue weighted by atomic mass is 19.3. The number of nitrogens with one attached hydrogen (secondary N) is 2. The molecule has 0 aliphatic carbocycles. The Hall–Kier alpha value is -3.95. The van der Waals surface area contributed by atoms with Gasteiger partial charge in [0.25, 0.3) is 0 Å². The molecule has 0 saturated heterocycles. The zero-order chi connectivity index (χ0) is 26.3. The summed E-state index contributed by atoms with van der Waals surface area (Å²) in [6.45, 7) is 3.58. The van der Waals surface area contributed by atoms with Crippen molar-refractivity contribution < 1.29 is 35.9 Å². The van der Waals surface area contributed by atoms with E-state index in [1.54, 1.807) is 30.3 Å². The number of halogens is 6. The van der Waals surface area contributed by atoms with E-state index < -0.39 is 41.5 Å². The van der Waals surface area contributed by atoms with E-state index in [2.05, 4.69) is 21.9 Å². The second-order valence-corrected chi connectivity index (χ2v) is 7.84. The lowest BCUT2D eigenvalue weighted by molar-refractivity contribution is -0.253. The van der Waals surface area contributed by atoms with Crippen molar-refractivity contribution in [1.82, 2.24) is 10.6 Å². The number of alkyl halides is 4. The van der Waals surface area contributed by atoms with Crippen molar-refractivity contribution in [3.05, 3.63) is 114 Å². The molecule has 36 heavy (non-hydrogen) atoms. The predicted octanol–water partition coefficient (Wildman–Crippen LogP) is 6.17. The Bertz CT molecular complexity index is 1190. The van der Waals surface area contributed by atoms with E-state index in [1.165, 1.54) is 18.2 Å². The molecule has 2 amide bonds. The molecule has 190 valence electrons. The highest BCUT2D eigenvalue weighted by Gasteiger charge is 2.45. The molecule has 3 rings (SSSR count). The van der Waals surface area contributed by atoms with Gasteiger partial charge in [-0.25, -0.2) is 13.6 Å². The van der Waals surface area contributed by atoms with Crippen LogP contribution in [0.5, 0.6) is 5.75 Å². The molecule has 3 aromatic carbocycles. The van der Waals surface area contributed by atoms with Gasteiger partial charge in [-0.3, -0.25) is 0 Å². The van der Waals surface area contributed by atoms with Gasteiger partial charge in [-0.15, -0.1) is 6.58 Å². The number of ether oxygens (including phenoxy) is 1. The Morgan fingerprint density at radius 2 is 1.61 bits per heavy atom. The normalized spacial score (nSPS) is 13.1. The fourth-order valence-corrected chi connectivity index (χ4v) is 3.67. The first-order valence-electron chi connectivity index (χ1n) is 10.7. The monoisotopic (exact) mass is 508 g/mol. The van der Waals surface area contributed by atoms with E-state index in [1.807, 2.05) is 0 Å². The number of rotatable bonds is 10. The minimum absolute atomic E-state index is 0.0465. The molecule has 0 aromatic heterocycles. The Morgan fingerprint density at radius 1 is 0.944 bits per heavy atom. The van der Waals surface area contributed by atoms with Crippen molar-refractivity contribution in [2.45, 2.75) is 24.5 Å². The predicted molar refractivity (Wildman–Crippen MR) is 122 cm³/mol. The molecule has 4 nitrogen and oxygen atoms in total. The Balaban J connectivity index is 2.23. The van der Waals surface area contributed by atoms with Crippen molar-refractivity contribution in [3.8, 4) is 5.75 Å². The van der Waals surface area contributed by atoms with E-state index >= 15 is 0 Å². The SMILES string of the molecule is C=CCNC(=O)N[C@](Cc1ccccc1)(c1ccc(F)cc1)c1cc(F)cc(OC(F)(F)C(F)F)c1. The molecule has 0 saturated carbocycles. The summed E-state index contributed by atoms with van der Waals surface area (Å²) in [5.74, 6) is -2.56. The maximum atomic E-state index is 14.7. The van der Waals surface area contributed by atoms with Gasteiger partial charge in [0, 0.05) is 19.0 Å². The molecule has 10 heteroatoms. The summed E-state index contributed by atoms with van der Waals surface area (Å²) in [7, 11) is 0. The molecule has 0 spiro atoms. The summed E-state index contributed by atoms with van der Waals surface area (Å²) in [6.07, 6.45) is -7.69. The van der Waals surface area contributed by atoms with Gasteiger partial charge in [0.2, 0.25) is 0 Å². The number of amides is 2. The number of carbonyl (C=O) groups excluding carboxylic acids is 1. The number of benzene rings is 3. The van der Waals surface area contributed by atoms with E-state index in [9.17, 15) is 31.1 Å². The van der Waals surface area contributed by atoms with Crippen LogP contribution in [0, 0.1) is 11.6 Å². The van der Waals surface area contributed by atoms with Crippen molar-refractivity contribution in [1.29, 1.82) is 0 Å². The van der Waals surface area contributed by atoms with Gasteiger partial charge in [-0.05, 0) is 41.0 Å². The van der Waals surface area contributed by atoms with Crippen molar-refractivity contribution in [3.63, 3.8) is 0 Å². The Labute approximate surface area is 203 Å². The van der Waals surface area contributed by atoms with Gasteiger partial charge >= 0.3 is 18.6 Å². The molecule has 0 unspecified atom stereocenters.